The number of hydrogen-bond donors (Lipinski definition) is 1. The molecule has 5 heteroatoms. The summed E-state index contributed by atoms with van der Waals surface area (Å²) in [5.41, 5.74) is 0.835. The number of likely N-dealkylation sites (N-methyl/N-ethyl adjacent to an activating group) is 1. The van der Waals surface area contributed by atoms with E-state index in [0.29, 0.717) is 18.0 Å². The van der Waals surface area contributed by atoms with Crippen LogP contribution in [0.25, 0.3) is 0 Å². The van der Waals surface area contributed by atoms with Gasteiger partial charge < -0.3 is 10.2 Å². The SMILES string of the molecule is CCC(=O)N(Cc1ccccc1Cl)C(C)C(=O)NC. The number of hydrogen-bond acceptors (Lipinski definition) is 2. The number of carbonyl (C=O) groups excluding carboxylic acids is 2. The Balaban J connectivity index is 2.96. The summed E-state index contributed by atoms with van der Waals surface area (Å²) in [6.45, 7) is 3.82. The third-order valence-electron chi connectivity index (χ3n) is 3.01. The highest BCUT2D eigenvalue weighted by atomic mass is 35.5. The molecule has 0 aliphatic carbocycles. The van der Waals surface area contributed by atoms with Crippen LogP contribution < -0.4 is 5.32 Å². The van der Waals surface area contributed by atoms with Crippen molar-refractivity contribution in [3.8, 4) is 0 Å². The summed E-state index contributed by atoms with van der Waals surface area (Å²) < 4.78 is 0. The Bertz CT molecular complexity index is 463. The number of halogens is 1. The van der Waals surface area contributed by atoms with E-state index < -0.39 is 6.04 Å². The molecule has 1 rings (SSSR count). The highest BCUT2D eigenvalue weighted by Crippen LogP contribution is 2.19. The maximum atomic E-state index is 12.0. The van der Waals surface area contributed by atoms with E-state index in [4.69, 9.17) is 11.6 Å². The molecule has 19 heavy (non-hydrogen) atoms. The van der Waals surface area contributed by atoms with Crippen molar-refractivity contribution in [2.24, 2.45) is 0 Å². The molecule has 1 aromatic rings. The summed E-state index contributed by atoms with van der Waals surface area (Å²) in [6.07, 6.45) is 0.353. The maximum Gasteiger partial charge on any atom is 0.242 e. The van der Waals surface area contributed by atoms with Crippen LogP contribution in [0.5, 0.6) is 0 Å². The van der Waals surface area contributed by atoms with Crippen LogP contribution in [0.15, 0.2) is 24.3 Å². The minimum Gasteiger partial charge on any atom is -0.357 e. The quantitative estimate of drug-likeness (QED) is 0.900. The molecule has 2 amide bonds. The first-order chi connectivity index (χ1) is 9.01. The number of amides is 2. The Hall–Kier alpha value is -1.55. The molecular weight excluding hydrogens is 264 g/mol. The summed E-state index contributed by atoms with van der Waals surface area (Å²) in [4.78, 5) is 25.2. The Morgan fingerprint density at radius 2 is 2.00 bits per heavy atom. The normalized spacial score (nSPS) is 11.8. The number of rotatable bonds is 5. The third-order valence-corrected chi connectivity index (χ3v) is 3.38. The lowest BCUT2D eigenvalue weighted by Crippen LogP contribution is -2.46. The molecule has 1 unspecified atom stereocenters. The van der Waals surface area contributed by atoms with E-state index in [1.807, 2.05) is 18.2 Å². The van der Waals surface area contributed by atoms with Crippen molar-refractivity contribution in [2.45, 2.75) is 32.9 Å². The fourth-order valence-electron chi connectivity index (χ4n) is 1.80. The summed E-state index contributed by atoms with van der Waals surface area (Å²) in [5, 5.41) is 3.16. The zero-order valence-electron chi connectivity index (χ0n) is 11.4. The minimum atomic E-state index is -0.520. The number of carbonyl (C=O) groups is 2. The van der Waals surface area contributed by atoms with Crippen LogP contribution in [0.4, 0.5) is 0 Å². The zero-order chi connectivity index (χ0) is 14.4. The average Bonchev–Trinajstić information content (AvgIpc) is 2.44. The molecule has 1 atom stereocenters. The molecular formula is C14H19ClN2O2. The van der Waals surface area contributed by atoms with E-state index in [9.17, 15) is 9.59 Å². The monoisotopic (exact) mass is 282 g/mol. The van der Waals surface area contributed by atoms with Gasteiger partial charge in [0.15, 0.2) is 0 Å². The van der Waals surface area contributed by atoms with Gasteiger partial charge in [-0.25, -0.2) is 0 Å². The lowest BCUT2D eigenvalue weighted by Gasteiger charge is -2.28. The van der Waals surface area contributed by atoms with E-state index in [0.717, 1.165) is 5.56 Å². The molecule has 1 N–H and O–H groups in total. The highest BCUT2D eigenvalue weighted by Gasteiger charge is 2.24. The molecule has 0 fully saturated rings. The van der Waals surface area contributed by atoms with Gasteiger partial charge in [-0.05, 0) is 18.6 Å². The molecule has 104 valence electrons. The molecule has 4 nitrogen and oxygen atoms in total. The molecule has 0 bridgehead atoms. The second-order valence-corrected chi connectivity index (χ2v) is 4.66. The van der Waals surface area contributed by atoms with E-state index >= 15 is 0 Å². The molecule has 0 aliphatic heterocycles. The molecule has 0 heterocycles. The fourth-order valence-corrected chi connectivity index (χ4v) is 2.00. The first kappa shape index (κ1) is 15.5. The maximum absolute atomic E-state index is 12.0. The first-order valence-electron chi connectivity index (χ1n) is 6.25. The second kappa shape index (κ2) is 7.14. The molecule has 0 spiro atoms. The van der Waals surface area contributed by atoms with Gasteiger partial charge in [-0.15, -0.1) is 0 Å². The number of benzene rings is 1. The third kappa shape index (κ3) is 3.96. The van der Waals surface area contributed by atoms with Gasteiger partial charge in [0.2, 0.25) is 11.8 Å². The first-order valence-corrected chi connectivity index (χ1v) is 6.63. The van der Waals surface area contributed by atoms with Gasteiger partial charge in [0.05, 0.1) is 0 Å². The van der Waals surface area contributed by atoms with Crippen molar-refractivity contribution in [3.05, 3.63) is 34.9 Å². The lowest BCUT2D eigenvalue weighted by molar-refractivity contribution is -0.140. The van der Waals surface area contributed by atoms with Gasteiger partial charge in [0, 0.05) is 25.0 Å². The number of nitrogens with one attached hydrogen (secondary N) is 1. The summed E-state index contributed by atoms with van der Waals surface area (Å²) in [7, 11) is 1.56. The molecule has 0 aliphatic rings. The smallest absolute Gasteiger partial charge is 0.242 e. The van der Waals surface area contributed by atoms with E-state index in [1.54, 1.807) is 31.9 Å². The standard InChI is InChI=1S/C14H19ClN2O2/c1-4-13(18)17(10(2)14(19)16-3)9-11-7-5-6-8-12(11)15/h5-8,10H,4,9H2,1-3H3,(H,16,19). The van der Waals surface area contributed by atoms with Gasteiger partial charge in [-0.1, -0.05) is 36.7 Å². The molecule has 0 saturated heterocycles. The Morgan fingerprint density at radius 1 is 1.37 bits per heavy atom. The van der Waals surface area contributed by atoms with Gasteiger partial charge in [0.1, 0.15) is 6.04 Å². The molecule has 0 saturated carbocycles. The van der Waals surface area contributed by atoms with Crippen LogP contribution in [-0.4, -0.2) is 29.8 Å². The average molecular weight is 283 g/mol. The van der Waals surface area contributed by atoms with Gasteiger partial charge in [-0.2, -0.15) is 0 Å². The van der Waals surface area contributed by atoms with Crippen molar-refractivity contribution in [3.63, 3.8) is 0 Å². The van der Waals surface area contributed by atoms with Crippen molar-refractivity contribution >= 4 is 23.4 Å². The second-order valence-electron chi connectivity index (χ2n) is 4.26. The summed E-state index contributed by atoms with van der Waals surface area (Å²) in [6, 6.07) is 6.80. The molecule has 1 aromatic carbocycles. The van der Waals surface area contributed by atoms with Crippen LogP contribution in [-0.2, 0) is 16.1 Å². The Kier molecular flexibility index (Phi) is 5.83. The Morgan fingerprint density at radius 3 is 2.53 bits per heavy atom. The molecule has 0 radical (unpaired) electrons. The van der Waals surface area contributed by atoms with Gasteiger partial charge in [0.25, 0.3) is 0 Å². The number of nitrogens with zero attached hydrogens (tertiary/aromatic N) is 1. The predicted octanol–water partition coefficient (Wildman–Crippen LogP) is 2.21. The van der Waals surface area contributed by atoms with Crippen LogP contribution in [0, 0.1) is 0 Å². The zero-order valence-corrected chi connectivity index (χ0v) is 12.2. The van der Waals surface area contributed by atoms with Gasteiger partial charge >= 0.3 is 0 Å². The molecule has 0 aromatic heterocycles. The lowest BCUT2D eigenvalue weighted by atomic mass is 10.1. The van der Waals surface area contributed by atoms with Crippen LogP contribution in [0.1, 0.15) is 25.8 Å². The predicted molar refractivity (Wildman–Crippen MR) is 75.8 cm³/mol. The van der Waals surface area contributed by atoms with Crippen LogP contribution in [0.2, 0.25) is 5.02 Å². The fraction of sp³-hybridized carbons (Fsp3) is 0.429. The van der Waals surface area contributed by atoms with Crippen molar-refractivity contribution in [1.29, 1.82) is 0 Å². The largest absolute Gasteiger partial charge is 0.357 e. The van der Waals surface area contributed by atoms with E-state index in [-0.39, 0.29) is 11.8 Å². The van der Waals surface area contributed by atoms with Crippen molar-refractivity contribution in [1.82, 2.24) is 10.2 Å². The van der Waals surface area contributed by atoms with Crippen molar-refractivity contribution in [2.75, 3.05) is 7.05 Å². The minimum absolute atomic E-state index is 0.0731. The Labute approximate surface area is 118 Å². The van der Waals surface area contributed by atoms with Crippen LogP contribution >= 0.6 is 11.6 Å². The summed E-state index contributed by atoms with van der Waals surface area (Å²) in [5.74, 6) is -0.259. The highest BCUT2D eigenvalue weighted by molar-refractivity contribution is 6.31. The topological polar surface area (TPSA) is 49.4 Å². The van der Waals surface area contributed by atoms with E-state index in [2.05, 4.69) is 5.32 Å². The summed E-state index contributed by atoms with van der Waals surface area (Å²) >= 11 is 6.10. The van der Waals surface area contributed by atoms with E-state index in [1.165, 1.54) is 0 Å². The van der Waals surface area contributed by atoms with Crippen LogP contribution in [0.3, 0.4) is 0 Å². The van der Waals surface area contributed by atoms with Gasteiger partial charge in [-0.3, -0.25) is 9.59 Å². The van der Waals surface area contributed by atoms with Crippen molar-refractivity contribution < 1.29 is 9.59 Å².